The van der Waals surface area contributed by atoms with Gasteiger partial charge in [0.2, 0.25) is 0 Å². The van der Waals surface area contributed by atoms with Crippen LogP contribution in [0, 0.1) is 0 Å². The van der Waals surface area contributed by atoms with Gasteiger partial charge in [-0.15, -0.1) is 0 Å². The van der Waals surface area contributed by atoms with Crippen LogP contribution in [0.3, 0.4) is 0 Å². The zero-order valence-electron chi connectivity index (χ0n) is 34.0. The molecule has 0 unspecified atom stereocenters. The number of hydrogen-bond donors (Lipinski definition) is 0. The van der Waals surface area contributed by atoms with Crippen LogP contribution in [0.2, 0.25) is 0 Å². The second kappa shape index (κ2) is 65.8. The number of halogens is 2. The van der Waals surface area contributed by atoms with Gasteiger partial charge >= 0.3 is 43.4 Å². The fourth-order valence-corrected chi connectivity index (χ4v) is 4.97. The van der Waals surface area contributed by atoms with Crippen molar-refractivity contribution in [1.82, 2.24) is 0 Å². The van der Waals surface area contributed by atoms with Gasteiger partial charge in [0.05, 0.1) is 0 Å². The van der Waals surface area contributed by atoms with Crippen molar-refractivity contribution in [2.75, 3.05) is 0 Å². The van der Waals surface area contributed by atoms with Crippen LogP contribution in [0.25, 0.3) is 22.9 Å². The van der Waals surface area contributed by atoms with Gasteiger partial charge in [-0.25, -0.2) is 0 Å². The molecule has 52 heavy (non-hydrogen) atoms. The Morgan fingerprint density at radius 1 is 0.269 bits per heavy atom. The third-order valence-electron chi connectivity index (χ3n) is 8.03. The van der Waals surface area contributed by atoms with E-state index in [4.69, 9.17) is 22.9 Å². The van der Waals surface area contributed by atoms with Gasteiger partial charge in [0.15, 0.2) is 0 Å². The molecule has 0 rings (SSSR count). The monoisotopic (exact) mass is 846 g/mol. The number of hydrogen-bond acceptors (Lipinski definition) is 4. The summed E-state index contributed by atoms with van der Waals surface area (Å²) in [6.07, 6.45) is 35.8. The summed E-state index contributed by atoms with van der Waals surface area (Å²) >= 11 is 0. The quantitative estimate of drug-likeness (QED) is 0.0488. The molecular formula is C40H80Cl2N4O4Ti2. The van der Waals surface area contributed by atoms with E-state index in [9.17, 15) is 19.2 Å². The van der Waals surface area contributed by atoms with Gasteiger partial charge in [-0.1, -0.05) is 182 Å². The zero-order valence-corrected chi connectivity index (χ0v) is 38.7. The Bertz CT molecular complexity index is 586. The van der Waals surface area contributed by atoms with Crippen molar-refractivity contribution in [2.24, 2.45) is 0 Å². The maximum atomic E-state index is 10.2. The van der Waals surface area contributed by atoms with Crippen molar-refractivity contribution in [3.8, 4) is 0 Å². The molecule has 0 saturated heterocycles. The SMILES string of the molecule is CCCCCCCCCC([NH-])=O.CCCCCCCCCC([NH-])=O.CCCCCCCCCC([NH-])=O.CCCCCCCCCC([NH-])=O.[Cl-].[Cl-].[Ti+3].[Ti+3]. The van der Waals surface area contributed by atoms with Gasteiger partial charge in [0.25, 0.3) is 0 Å². The molecule has 12 heteroatoms. The molecule has 0 bridgehead atoms. The van der Waals surface area contributed by atoms with Crippen molar-refractivity contribution in [1.29, 1.82) is 0 Å². The van der Waals surface area contributed by atoms with Crippen molar-refractivity contribution >= 4 is 23.6 Å². The molecule has 0 aliphatic heterocycles. The van der Waals surface area contributed by atoms with E-state index in [1.165, 1.54) is 128 Å². The fraction of sp³-hybridized carbons (Fsp3) is 0.900. The molecule has 0 aromatic carbocycles. The number of rotatable bonds is 32. The van der Waals surface area contributed by atoms with E-state index >= 15 is 0 Å². The standard InChI is InChI=1S/4C10H21NO.2ClH.2Ti/c4*1-2-3-4-5-6-7-8-9-10(11)12;;;;/h4*2-9H2,1H3,(H2,11,12);2*1H;;/q;;;;;;2*+3/p-6. The van der Waals surface area contributed by atoms with E-state index in [1.54, 1.807) is 0 Å². The van der Waals surface area contributed by atoms with Crippen LogP contribution in [-0.4, -0.2) is 23.6 Å². The molecule has 0 aliphatic rings. The summed E-state index contributed by atoms with van der Waals surface area (Å²) in [5, 5.41) is 0. The topological polar surface area (TPSA) is 163 Å². The number of carbonyl (C=O) groups is 4. The number of unbranched alkanes of at least 4 members (excludes halogenated alkanes) is 24. The average molecular weight is 848 g/mol. The Balaban J connectivity index is -0.0000000807. The van der Waals surface area contributed by atoms with E-state index in [-0.39, 0.29) is 68.2 Å². The number of carbonyl (C=O) groups excluding carboxylic acids is 4. The van der Waals surface area contributed by atoms with E-state index in [0.717, 1.165) is 51.4 Å². The molecule has 306 valence electrons. The van der Waals surface area contributed by atoms with E-state index in [2.05, 4.69) is 27.7 Å². The normalized spacial score (nSPS) is 9.31. The minimum Gasteiger partial charge on any atom is -1.00 e. The molecule has 0 aromatic rings. The Kier molecular flexibility index (Phi) is 88.2. The summed E-state index contributed by atoms with van der Waals surface area (Å²) < 4.78 is 0. The Morgan fingerprint density at radius 2 is 0.385 bits per heavy atom. The van der Waals surface area contributed by atoms with Gasteiger partial charge in [-0.05, 0) is 51.4 Å². The van der Waals surface area contributed by atoms with Crippen LogP contribution in [0.15, 0.2) is 0 Å². The Labute approximate surface area is 364 Å². The van der Waals surface area contributed by atoms with E-state index in [0.29, 0.717) is 25.7 Å². The first kappa shape index (κ1) is 69.8. The molecule has 0 fully saturated rings. The largest absolute Gasteiger partial charge is 3.00 e. The van der Waals surface area contributed by atoms with Crippen LogP contribution < -0.4 is 24.8 Å². The summed E-state index contributed by atoms with van der Waals surface area (Å²) in [4.78, 5) is 41.0. The van der Waals surface area contributed by atoms with Crippen LogP contribution in [-0.2, 0) is 62.6 Å². The molecule has 0 heterocycles. The predicted octanol–water partition coefficient (Wildman–Crippen LogP) is 8.83. The average Bonchev–Trinajstić information content (AvgIpc) is 3.03. The number of nitrogens with one attached hydrogen (secondary N) is 4. The minimum atomic E-state index is -0.413. The van der Waals surface area contributed by atoms with Crippen LogP contribution >= 0.6 is 0 Å². The molecule has 8 nitrogen and oxygen atoms in total. The summed E-state index contributed by atoms with van der Waals surface area (Å²) in [5.74, 6) is -1.65. The molecular weight excluding hydrogens is 767 g/mol. The van der Waals surface area contributed by atoms with Gasteiger partial charge in [0.1, 0.15) is 0 Å². The van der Waals surface area contributed by atoms with Crippen molar-refractivity contribution in [3.05, 3.63) is 22.9 Å². The van der Waals surface area contributed by atoms with Gasteiger partial charge in [-0.3, -0.25) is 0 Å². The molecule has 0 aliphatic carbocycles. The minimum absolute atomic E-state index is 0. The fourth-order valence-electron chi connectivity index (χ4n) is 4.97. The van der Waals surface area contributed by atoms with Crippen LogP contribution in [0.4, 0.5) is 0 Å². The van der Waals surface area contributed by atoms with Gasteiger partial charge in [-0.2, -0.15) is 0 Å². The molecule has 2 radical (unpaired) electrons. The second-order valence-electron chi connectivity index (χ2n) is 13.2. The van der Waals surface area contributed by atoms with E-state index < -0.39 is 23.6 Å². The molecule has 0 saturated carbocycles. The summed E-state index contributed by atoms with van der Waals surface area (Å²) in [6.45, 7) is 8.83. The Hall–Kier alpha value is -0.111. The van der Waals surface area contributed by atoms with Gasteiger partial charge < -0.3 is 66.9 Å². The smallest absolute Gasteiger partial charge is 1.00 e. The molecule has 4 amide bonds. The molecule has 4 N–H and O–H groups in total. The van der Waals surface area contributed by atoms with Crippen LogP contribution in [0.5, 0.6) is 0 Å². The maximum Gasteiger partial charge on any atom is 3.00 e. The van der Waals surface area contributed by atoms with Gasteiger partial charge in [0, 0.05) is 23.6 Å². The van der Waals surface area contributed by atoms with Crippen molar-refractivity contribution in [3.63, 3.8) is 0 Å². The summed E-state index contributed by atoms with van der Waals surface area (Å²) in [5.41, 5.74) is 26.7. The first-order chi connectivity index (χ1) is 23.1. The zero-order chi connectivity index (χ0) is 36.9. The van der Waals surface area contributed by atoms with Crippen LogP contribution in [0.1, 0.15) is 233 Å². The summed E-state index contributed by atoms with van der Waals surface area (Å²) in [6, 6.07) is 0. The van der Waals surface area contributed by atoms with E-state index in [1.807, 2.05) is 0 Å². The second-order valence-corrected chi connectivity index (χ2v) is 13.2. The van der Waals surface area contributed by atoms with Crippen molar-refractivity contribution < 1.29 is 87.4 Å². The molecule has 0 spiro atoms. The first-order valence-corrected chi connectivity index (χ1v) is 20.1. The van der Waals surface area contributed by atoms with Crippen molar-refractivity contribution in [2.45, 2.75) is 233 Å². The number of amides is 4. The molecule has 0 aromatic heterocycles. The third-order valence-corrected chi connectivity index (χ3v) is 8.03. The predicted molar refractivity (Wildman–Crippen MR) is 208 cm³/mol. The summed E-state index contributed by atoms with van der Waals surface area (Å²) in [7, 11) is 0. The Morgan fingerprint density at radius 3 is 0.500 bits per heavy atom. The maximum absolute atomic E-state index is 10.2. The molecule has 0 atom stereocenters. The first-order valence-electron chi connectivity index (χ1n) is 20.1. The third kappa shape index (κ3) is 92.6.